The minimum atomic E-state index is -0.598. The van der Waals surface area contributed by atoms with Crippen molar-refractivity contribution in [1.82, 2.24) is 4.90 Å². The minimum absolute atomic E-state index is 0.247. The summed E-state index contributed by atoms with van der Waals surface area (Å²) in [5, 5.41) is 0. The van der Waals surface area contributed by atoms with Gasteiger partial charge in [-0.2, -0.15) is 0 Å². The van der Waals surface area contributed by atoms with Crippen LogP contribution >= 0.6 is 0 Å². The van der Waals surface area contributed by atoms with Crippen LogP contribution in [0.25, 0.3) is 0 Å². The Balaban J connectivity index is 2.23. The van der Waals surface area contributed by atoms with Gasteiger partial charge in [-0.15, -0.1) is 0 Å². The van der Waals surface area contributed by atoms with Crippen LogP contribution in [0.15, 0.2) is 12.1 Å². The highest BCUT2D eigenvalue weighted by molar-refractivity contribution is 5.74. The maximum atomic E-state index is 12.2. The second kappa shape index (κ2) is 4.29. The van der Waals surface area contributed by atoms with Gasteiger partial charge in [-0.25, -0.2) is 4.79 Å². The van der Waals surface area contributed by atoms with E-state index in [1.165, 1.54) is 5.56 Å². The van der Waals surface area contributed by atoms with Gasteiger partial charge in [-0.1, -0.05) is 0 Å². The number of carbonyl (C=O) groups excluding carboxylic acids is 1. The molecule has 1 amide bonds. The molecule has 0 saturated carbocycles. The zero-order chi connectivity index (χ0) is 15.4. The number of ether oxygens (including phenoxy) is 3. The summed E-state index contributed by atoms with van der Waals surface area (Å²) in [6.45, 7) is 6.62. The van der Waals surface area contributed by atoms with E-state index in [2.05, 4.69) is 6.92 Å². The Morgan fingerprint density at radius 2 is 1.76 bits per heavy atom. The van der Waals surface area contributed by atoms with Crippen molar-refractivity contribution in [1.29, 1.82) is 0 Å². The normalized spacial score (nSPS) is 26.0. The molecule has 0 spiro atoms. The maximum Gasteiger partial charge on any atom is 0.411 e. The first-order valence-electron chi connectivity index (χ1n) is 7.11. The van der Waals surface area contributed by atoms with E-state index < -0.39 is 11.1 Å². The van der Waals surface area contributed by atoms with Crippen molar-refractivity contribution in [3.8, 4) is 11.5 Å². The molecule has 1 aromatic rings. The Morgan fingerprint density at radius 1 is 1.14 bits per heavy atom. The maximum absolute atomic E-state index is 12.2. The van der Waals surface area contributed by atoms with Crippen LogP contribution in [0.4, 0.5) is 4.79 Å². The second-order valence-electron chi connectivity index (χ2n) is 6.22. The van der Waals surface area contributed by atoms with Gasteiger partial charge in [0.2, 0.25) is 0 Å². The van der Waals surface area contributed by atoms with E-state index in [0.29, 0.717) is 12.3 Å². The van der Waals surface area contributed by atoms with Crippen molar-refractivity contribution in [3.63, 3.8) is 0 Å². The van der Waals surface area contributed by atoms with Crippen LogP contribution in [-0.2, 0) is 16.7 Å². The topological polar surface area (TPSA) is 48.0 Å². The molecule has 0 aromatic heterocycles. The quantitative estimate of drug-likeness (QED) is 0.840. The summed E-state index contributed by atoms with van der Waals surface area (Å²) in [5.74, 6) is 1.39. The van der Waals surface area contributed by atoms with Crippen LogP contribution in [0.5, 0.6) is 11.5 Å². The lowest BCUT2D eigenvalue weighted by Crippen LogP contribution is -2.54. The molecule has 2 aliphatic heterocycles. The predicted molar refractivity (Wildman–Crippen MR) is 77.9 cm³/mol. The van der Waals surface area contributed by atoms with Gasteiger partial charge in [0.15, 0.2) is 11.5 Å². The molecule has 21 heavy (non-hydrogen) atoms. The fraction of sp³-hybridized carbons (Fsp3) is 0.562. The first kappa shape index (κ1) is 14.0. The summed E-state index contributed by atoms with van der Waals surface area (Å²) in [6, 6.07) is 3.99. The summed E-state index contributed by atoms with van der Waals surface area (Å²) in [5.41, 5.74) is 1.15. The average molecular weight is 291 g/mol. The smallest absolute Gasteiger partial charge is 0.411 e. The molecule has 2 heterocycles. The number of hydrogen-bond donors (Lipinski definition) is 0. The van der Waals surface area contributed by atoms with Crippen LogP contribution in [0.3, 0.4) is 0 Å². The fourth-order valence-corrected chi connectivity index (χ4v) is 3.48. The lowest BCUT2D eigenvalue weighted by atomic mass is 9.73. The molecule has 0 N–H and O–H groups in total. The molecule has 1 saturated heterocycles. The lowest BCUT2D eigenvalue weighted by Gasteiger charge is -2.44. The zero-order valence-corrected chi connectivity index (χ0v) is 13.1. The summed E-state index contributed by atoms with van der Waals surface area (Å²) in [7, 11) is 3.25. The van der Waals surface area contributed by atoms with Gasteiger partial charge in [0.25, 0.3) is 0 Å². The van der Waals surface area contributed by atoms with Gasteiger partial charge in [0.1, 0.15) is 11.1 Å². The number of rotatable bonds is 2. The predicted octanol–water partition coefficient (Wildman–Crippen LogP) is 2.71. The molecule has 0 bridgehead atoms. The number of benzene rings is 1. The molecule has 0 radical (unpaired) electrons. The largest absolute Gasteiger partial charge is 0.493 e. The second-order valence-corrected chi connectivity index (χ2v) is 6.22. The van der Waals surface area contributed by atoms with Gasteiger partial charge in [-0.05, 0) is 50.5 Å². The molecule has 1 atom stereocenters. The Hall–Kier alpha value is -1.91. The molecule has 5 heteroatoms. The van der Waals surface area contributed by atoms with Gasteiger partial charge < -0.3 is 14.2 Å². The fourth-order valence-electron chi connectivity index (χ4n) is 3.48. The molecular formula is C16H21NO4. The van der Waals surface area contributed by atoms with Crippen molar-refractivity contribution in [2.45, 2.75) is 38.3 Å². The molecular weight excluding hydrogens is 270 g/mol. The van der Waals surface area contributed by atoms with E-state index in [0.717, 1.165) is 17.7 Å². The van der Waals surface area contributed by atoms with Crippen LogP contribution in [-0.4, -0.2) is 37.4 Å². The number of fused-ring (bicyclic) bond motifs is 3. The third kappa shape index (κ3) is 1.66. The van der Waals surface area contributed by atoms with E-state index in [-0.39, 0.29) is 6.09 Å². The minimum Gasteiger partial charge on any atom is -0.493 e. The van der Waals surface area contributed by atoms with E-state index in [1.54, 1.807) is 14.2 Å². The van der Waals surface area contributed by atoms with Crippen molar-refractivity contribution < 1.29 is 19.0 Å². The Bertz CT molecular complexity index is 611. The van der Waals surface area contributed by atoms with Crippen LogP contribution in [0.2, 0.25) is 0 Å². The van der Waals surface area contributed by atoms with Gasteiger partial charge in [0.05, 0.1) is 14.2 Å². The van der Waals surface area contributed by atoms with Crippen LogP contribution in [0, 0.1) is 0 Å². The van der Waals surface area contributed by atoms with Crippen LogP contribution < -0.4 is 9.47 Å². The highest BCUT2D eigenvalue weighted by atomic mass is 16.6. The highest BCUT2D eigenvalue weighted by Crippen LogP contribution is 2.51. The standard InChI is InChI=1S/C16H21NO4/c1-15(2)16(3)11-9-13(20-5)12(19-4)8-10(11)6-7-17(16)14(18)21-15/h8-9H,6-7H2,1-5H3. The number of cyclic esters (lactones) is 1. The molecule has 1 fully saturated rings. The third-order valence-corrected chi connectivity index (χ3v) is 5.01. The number of hydrogen-bond acceptors (Lipinski definition) is 4. The lowest BCUT2D eigenvalue weighted by molar-refractivity contribution is 0.0190. The number of amides is 1. The average Bonchev–Trinajstić information content (AvgIpc) is 2.63. The number of nitrogens with zero attached hydrogens (tertiary/aromatic N) is 1. The molecule has 1 aromatic carbocycles. The molecule has 0 aliphatic carbocycles. The first-order chi connectivity index (χ1) is 9.85. The van der Waals surface area contributed by atoms with E-state index >= 15 is 0 Å². The van der Waals surface area contributed by atoms with Gasteiger partial charge >= 0.3 is 6.09 Å². The van der Waals surface area contributed by atoms with E-state index in [9.17, 15) is 4.79 Å². The summed E-state index contributed by atoms with van der Waals surface area (Å²) < 4.78 is 16.4. The summed E-state index contributed by atoms with van der Waals surface area (Å²) in [4.78, 5) is 14.0. The van der Waals surface area contributed by atoms with Crippen molar-refractivity contribution in [2.75, 3.05) is 20.8 Å². The summed E-state index contributed by atoms with van der Waals surface area (Å²) in [6.07, 6.45) is 0.541. The molecule has 5 nitrogen and oxygen atoms in total. The Kier molecular flexibility index (Phi) is 2.87. The molecule has 1 unspecified atom stereocenters. The van der Waals surface area contributed by atoms with E-state index in [1.807, 2.05) is 30.9 Å². The first-order valence-corrected chi connectivity index (χ1v) is 7.11. The summed E-state index contributed by atoms with van der Waals surface area (Å²) >= 11 is 0. The Morgan fingerprint density at radius 3 is 2.38 bits per heavy atom. The van der Waals surface area contributed by atoms with Crippen molar-refractivity contribution in [2.24, 2.45) is 0 Å². The van der Waals surface area contributed by atoms with Crippen LogP contribution in [0.1, 0.15) is 31.9 Å². The number of methoxy groups -OCH3 is 2. The molecule has 114 valence electrons. The monoisotopic (exact) mass is 291 g/mol. The third-order valence-electron chi connectivity index (χ3n) is 5.01. The molecule has 2 aliphatic rings. The van der Waals surface area contributed by atoms with Gasteiger partial charge in [-0.3, -0.25) is 4.90 Å². The highest BCUT2D eigenvalue weighted by Gasteiger charge is 2.60. The van der Waals surface area contributed by atoms with Gasteiger partial charge in [0, 0.05) is 6.54 Å². The SMILES string of the molecule is COc1cc2c(cc1OC)C1(C)N(CC2)C(=O)OC1(C)C. The van der Waals surface area contributed by atoms with Crippen molar-refractivity contribution in [3.05, 3.63) is 23.3 Å². The zero-order valence-electron chi connectivity index (χ0n) is 13.1. The van der Waals surface area contributed by atoms with Crippen molar-refractivity contribution >= 4 is 6.09 Å². The molecule has 3 rings (SSSR count). The number of carbonyl (C=O) groups is 1. The Labute approximate surface area is 124 Å². The van der Waals surface area contributed by atoms with E-state index in [4.69, 9.17) is 14.2 Å².